The van der Waals surface area contributed by atoms with E-state index in [0.717, 1.165) is 0 Å². The molecule has 0 radical (unpaired) electrons. The molecule has 1 atom stereocenters. The van der Waals surface area contributed by atoms with Crippen molar-refractivity contribution in [2.75, 3.05) is 18.8 Å². The highest BCUT2D eigenvalue weighted by Gasteiger charge is 2.32. The van der Waals surface area contributed by atoms with E-state index in [2.05, 4.69) is 5.32 Å². The van der Waals surface area contributed by atoms with Crippen molar-refractivity contribution in [1.29, 1.82) is 0 Å². The molecule has 1 fully saturated rings. The van der Waals surface area contributed by atoms with Crippen LogP contribution in [0.4, 0.5) is 4.79 Å². The average Bonchev–Trinajstić information content (AvgIpc) is 2.63. The first kappa shape index (κ1) is 16.2. The number of nitrogens with one attached hydrogen (secondary N) is 1. The molecule has 0 aromatic rings. The summed E-state index contributed by atoms with van der Waals surface area (Å²) in [6.07, 6.45) is 0.734. The SMILES string of the molecule is CCCS(=O)(=O)N1CC[C@@H](NC(=O)OC(C)(C)C)C1. The Kier molecular flexibility index (Phi) is 5.20. The van der Waals surface area contributed by atoms with E-state index in [1.807, 2.05) is 6.92 Å². The van der Waals surface area contributed by atoms with Crippen LogP contribution < -0.4 is 5.32 Å². The van der Waals surface area contributed by atoms with Crippen molar-refractivity contribution in [3.8, 4) is 0 Å². The zero-order chi connectivity index (χ0) is 14.7. The summed E-state index contributed by atoms with van der Waals surface area (Å²) < 4.78 is 30.3. The molecule has 1 saturated heterocycles. The normalized spacial score (nSPS) is 21.4. The fraction of sp³-hybridized carbons (Fsp3) is 0.917. The Hall–Kier alpha value is -0.820. The van der Waals surface area contributed by atoms with Gasteiger partial charge in [-0.25, -0.2) is 13.2 Å². The molecule has 0 spiro atoms. The largest absolute Gasteiger partial charge is 0.444 e. The fourth-order valence-electron chi connectivity index (χ4n) is 1.96. The van der Waals surface area contributed by atoms with E-state index < -0.39 is 21.7 Å². The average molecular weight is 292 g/mol. The van der Waals surface area contributed by atoms with E-state index in [1.165, 1.54) is 4.31 Å². The molecule has 1 N–H and O–H groups in total. The number of rotatable bonds is 4. The van der Waals surface area contributed by atoms with Gasteiger partial charge in [0.15, 0.2) is 0 Å². The summed E-state index contributed by atoms with van der Waals surface area (Å²) in [5, 5.41) is 2.71. The van der Waals surface area contributed by atoms with Gasteiger partial charge < -0.3 is 10.1 Å². The molecule has 1 heterocycles. The molecule has 0 aliphatic carbocycles. The molecule has 0 bridgehead atoms. The lowest BCUT2D eigenvalue weighted by Gasteiger charge is -2.22. The van der Waals surface area contributed by atoms with Crippen LogP contribution in [0.25, 0.3) is 0 Å². The van der Waals surface area contributed by atoms with Crippen molar-refractivity contribution >= 4 is 16.1 Å². The van der Waals surface area contributed by atoms with Gasteiger partial charge in [0.1, 0.15) is 5.60 Å². The molecular formula is C12H24N2O4S. The molecule has 19 heavy (non-hydrogen) atoms. The number of ether oxygens (including phenoxy) is 1. The molecule has 0 aromatic carbocycles. The molecule has 0 unspecified atom stereocenters. The molecule has 1 aliphatic heterocycles. The van der Waals surface area contributed by atoms with Crippen LogP contribution in [0, 0.1) is 0 Å². The maximum Gasteiger partial charge on any atom is 0.407 e. The van der Waals surface area contributed by atoms with Crippen molar-refractivity contribution in [2.24, 2.45) is 0 Å². The summed E-state index contributed by atoms with van der Waals surface area (Å²) in [5.74, 6) is 0.159. The first-order valence-corrected chi connectivity index (χ1v) is 8.22. The number of alkyl carbamates (subject to hydrolysis) is 1. The predicted octanol–water partition coefficient (Wildman–Crippen LogP) is 1.33. The zero-order valence-electron chi connectivity index (χ0n) is 12.1. The second kappa shape index (κ2) is 6.09. The fourth-order valence-corrected chi connectivity index (χ4v) is 3.52. The van der Waals surface area contributed by atoms with E-state index in [4.69, 9.17) is 4.74 Å². The molecular weight excluding hydrogens is 268 g/mol. The monoisotopic (exact) mass is 292 g/mol. The van der Waals surface area contributed by atoms with Crippen LogP contribution in [-0.2, 0) is 14.8 Å². The van der Waals surface area contributed by atoms with Crippen molar-refractivity contribution in [3.05, 3.63) is 0 Å². The lowest BCUT2D eigenvalue weighted by Crippen LogP contribution is -2.41. The Morgan fingerprint density at radius 2 is 2.05 bits per heavy atom. The van der Waals surface area contributed by atoms with E-state index in [-0.39, 0.29) is 11.8 Å². The minimum atomic E-state index is -3.17. The van der Waals surface area contributed by atoms with Crippen molar-refractivity contribution < 1.29 is 17.9 Å². The summed E-state index contributed by atoms with van der Waals surface area (Å²) in [6, 6.07) is -0.165. The summed E-state index contributed by atoms with van der Waals surface area (Å²) in [5.41, 5.74) is -0.545. The van der Waals surface area contributed by atoms with Crippen LogP contribution in [0.2, 0.25) is 0 Å². The second-order valence-electron chi connectivity index (χ2n) is 5.81. The molecule has 0 aromatic heterocycles. The number of amides is 1. The Balaban J connectivity index is 2.47. The number of carbonyl (C=O) groups is 1. The van der Waals surface area contributed by atoms with Crippen LogP contribution in [-0.4, -0.2) is 49.3 Å². The number of hydrogen-bond acceptors (Lipinski definition) is 4. The quantitative estimate of drug-likeness (QED) is 0.848. The first-order valence-electron chi connectivity index (χ1n) is 6.61. The summed E-state index contributed by atoms with van der Waals surface area (Å²) in [6.45, 7) is 8.01. The van der Waals surface area contributed by atoms with Gasteiger partial charge in [-0.2, -0.15) is 4.31 Å². The van der Waals surface area contributed by atoms with Gasteiger partial charge in [0, 0.05) is 19.1 Å². The third kappa shape index (κ3) is 5.36. The zero-order valence-corrected chi connectivity index (χ0v) is 12.9. The van der Waals surface area contributed by atoms with Crippen molar-refractivity contribution in [3.63, 3.8) is 0 Å². The molecule has 7 heteroatoms. The smallest absolute Gasteiger partial charge is 0.407 e. The van der Waals surface area contributed by atoms with Gasteiger partial charge in [-0.3, -0.25) is 0 Å². The molecule has 1 aliphatic rings. The Morgan fingerprint density at radius 3 is 2.58 bits per heavy atom. The molecule has 112 valence electrons. The minimum Gasteiger partial charge on any atom is -0.444 e. The van der Waals surface area contributed by atoms with Crippen molar-refractivity contribution in [1.82, 2.24) is 9.62 Å². The number of sulfonamides is 1. The number of hydrogen-bond donors (Lipinski definition) is 1. The van der Waals surface area contributed by atoms with E-state index in [0.29, 0.717) is 25.9 Å². The van der Waals surface area contributed by atoms with Crippen LogP contribution in [0.3, 0.4) is 0 Å². The Labute approximate surface area is 115 Å². The highest BCUT2D eigenvalue weighted by atomic mass is 32.2. The van der Waals surface area contributed by atoms with Gasteiger partial charge in [0.25, 0.3) is 0 Å². The van der Waals surface area contributed by atoms with E-state index in [9.17, 15) is 13.2 Å². The Bertz CT molecular complexity index is 414. The Morgan fingerprint density at radius 1 is 1.42 bits per heavy atom. The first-order chi connectivity index (χ1) is 8.64. The van der Waals surface area contributed by atoms with Crippen LogP contribution >= 0.6 is 0 Å². The van der Waals surface area contributed by atoms with Gasteiger partial charge >= 0.3 is 6.09 Å². The minimum absolute atomic E-state index is 0.159. The lowest BCUT2D eigenvalue weighted by atomic mass is 10.2. The third-order valence-electron chi connectivity index (χ3n) is 2.73. The predicted molar refractivity (Wildman–Crippen MR) is 73.4 cm³/mol. The van der Waals surface area contributed by atoms with Crippen LogP contribution in [0.5, 0.6) is 0 Å². The topological polar surface area (TPSA) is 75.7 Å². The molecule has 1 amide bonds. The number of carbonyl (C=O) groups excluding carboxylic acids is 1. The summed E-state index contributed by atoms with van der Waals surface area (Å²) in [7, 11) is -3.17. The van der Waals surface area contributed by atoms with Gasteiger partial charge in [0.05, 0.1) is 5.75 Å². The van der Waals surface area contributed by atoms with Gasteiger partial charge in [-0.1, -0.05) is 6.92 Å². The highest BCUT2D eigenvalue weighted by molar-refractivity contribution is 7.89. The second-order valence-corrected chi connectivity index (χ2v) is 7.89. The maximum absolute atomic E-state index is 11.9. The van der Waals surface area contributed by atoms with E-state index in [1.54, 1.807) is 20.8 Å². The standard InChI is InChI=1S/C12H24N2O4S/c1-5-8-19(16,17)14-7-6-10(9-14)13-11(15)18-12(2,3)4/h10H,5-9H2,1-4H3,(H,13,15)/t10-/m1/s1. The van der Waals surface area contributed by atoms with Gasteiger partial charge in [-0.15, -0.1) is 0 Å². The van der Waals surface area contributed by atoms with Crippen LogP contribution in [0.15, 0.2) is 0 Å². The molecule has 6 nitrogen and oxygen atoms in total. The lowest BCUT2D eigenvalue weighted by molar-refractivity contribution is 0.0507. The van der Waals surface area contributed by atoms with Crippen molar-refractivity contribution in [2.45, 2.75) is 52.2 Å². The number of nitrogens with zero attached hydrogens (tertiary/aromatic N) is 1. The summed E-state index contributed by atoms with van der Waals surface area (Å²) >= 11 is 0. The van der Waals surface area contributed by atoms with Gasteiger partial charge in [0.2, 0.25) is 10.0 Å². The van der Waals surface area contributed by atoms with Crippen LogP contribution in [0.1, 0.15) is 40.5 Å². The highest BCUT2D eigenvalue weighted by Crippen LogP contribution is 2.15. The summed E-state index contributed by atoms with van der Waals surface area (Å²) in [4.78, 5) is 11.6. The molecule has 0 saturated carbocycles. The third-order valence-corrected chi connectivity index (χ3v) is 4.77. The maximum atomic E-state index is 11.9. The molecule has 1 rings (SSSR count). The van der Waals surface area contributed by atoms with E-state index >= 15 is 0 Å². The van der Waals surface area contributed by atoms with Gasteiger partial charge in [-0.05, 0) is 33.6 Å².